The Morgan fingerprint density at radius 3 is 2.31 bits per heavy atom. The molecule has 0 spiro atoms. The molecule has 0 amide bonds. The zero-order valence-electron chi connectivity index (χ0n) is 10.2. The fraction of sp³-hybridized carbons (Fsp3) is 0.462. The lowest BCUT2D eigenvalue weighted by Crippen LogP contribution is -2.27. The summed E-state index contributed by atoms with van der Waals surface area (Å²) in [7, 11) is 0. The molecule has 0 aliphatic carbocycles. The van der Waals surface area contributed by atoms with E-state index in [4.69, 9.17) is 5.73 Å². The van der Waals surface area contributed by atoms with Gasteiger partial charge in [-0.25, -0.2) is 4.39 Å². The highest BCUT2D eigenvalue weighted by Gasteiger charge is 2.20. The smallest absolute Gasteiger partial charge is 0.179 e. The van der Waals surface area contributed by atoms with Gasteiger partial charge in [-0.05, 0) is 24.0 Å². The highest BCUT2D eigenvalue weighted by molar-refractivity contribution is 5.99. The number of ketones is 1. The van der Waals surface area contributed by atoms with Crippen LogP contribution >= 0.6 is 0 Å². The number of carbonyl (C=O) groups excluding carboxylic acids is 1. The van der Waals surface area contributed by atoms with Crippen molar-refractivity contribution in [2.24, 2.45) is 5.73 Å². The summed E-state index contributed by atoms with van der Waals surface area (Å²) >= 11 is 0. The molecule has 0 heterocycles. The Balaban J connectivity index is 3.15. The topological polar surface area (TPSA) is 43.1 Å². The van der Waals surface area contributed by atoms with Gasteiger partial charge in [0.1, 0.15) is 5.82 Å². The Morgan fingerprint density at radius 2 is 1.94 bits per heavy atom. The molecule has 1 rings (SSSR count). The summed E-state index contributed by atoms with van der Waals surface area (Å²) in [6.07, 6.45) is 0. The van der Waals surface area contributed by atoms with Gasteiger partial charge in [-0.1, -0.05) is 32.9 Å². The third-order valence-electron chi connectivity index (χ3n) is 2.48. The Bertz CT molecular complexity index is 405. The molecule has 0 aromatic heterocycles. The van der Waals surface area contributed by atoms with Crippen LogP contribution in [0.2, 0.25) is 0 Å². The maximum absolute atomic E-state index is 13.8. The molecule has 2 N–H and O–H groups in total. The second kappa shape index (κ2) is 4.34. The molecule has 1 unspecified atom stereocenters. The molecule has 1 atom stereocenters. The highest BCUT2D eigenvalue weighted by Crippen LogP contribution is 2.25. The van der Waals surface area contributed by atoms with E-state index >= 15 is 0 Å². The monoisotopic (exact) mass is 223 g/mol. The van der Waals surface area contributed by atoms with Gasteiger partial charge in [-0.15, -0.1) is 0 Å². The Hall–Kier alpha value is -1.22. The van der Waals surface area contributed by atoms with Crippen LogP contribution in [0.15, 0.2) is 18.2 Å². The summed E-state index contributed by atoms with van der Waals surface area (Å²) in [4.78, 5) is 11.6. The lowest BCUT2D eigenvalue weighted by molar-refractivity contribution is 0.0967. The second-order valence-corrected chi connectivity index (χ2v) is 5.10. The minimum atomic E-state index is -0.597. The maximum atomic E-state index is 13.8. The molecule has 3 heteroatoms. The van der Waals surface area contributed by atoms with Crippen molar-refractivity contribution in [3.8, 4) is 0 Å². The number of hydrogen-bond donors (Lipinski definition) is 1. The van der Waals surface area contributed by atoms with Crippen molar-refractivity contribution in [1.29, 1.82) is 0 Å². The van der Waals surface area contributed by atoms with E-state index in [-0.39, 0.29) is 17.0 Å². The number of nitrogens with two attached hydrogens (primary N) is 1. The van der Waals surface area contributed by atoms with Crippen LogP contribution in [0.5, 0.6) is 0 Å². The summed E-state index contributed by atoms with van der Waals surface area (Å²) < 4.78 is 13.8. The standard InChI is InChI=1S/C13H18FNO/c1-8(15)12(16)9-5-6-10(11(14)7-9)13(2,3)4/h5-8H,15H2,1-4H3. The second-order valence-electron chi connectivity index (χ2n) is 5.10. The molecule has 1 aromatic carbocycles. The van der Waals surface area contributed by atoms with Crippen LogP contribution in [0.25, 0.3) is 0 Å². The van der Waals surface area contributed by atoms with E-state index in [0.29, 0.717) is 11.1 Å². The Labute approximate surface area is 95.7 Å². The number of halogens is 1. The van der Waals surface area contributed by atoms with Crippen LogP contribution in [0, 0.1) is 5.82 Å². The van der Waals surface area contributed by atoms with Gasteiger partial charge in [0.15, 0.2) is 5.78 Å². The minimum absolute atomic E-state index is 0.237. The highest BCUT2D eigenvalue weighted by atomic mass is 19.1. The van der Waals surface area contributed by atoms with Crippen LogP contribution in [-0.2, 0) is 5.41 Å². The summed E-state index contributed by atoms with van der Waals surface area (Å²) in [5.41, 5.74) is 6.15. The third kappa shape index (κ3) is 2.67. The van der Waals surface area contributed by atoms with Crippen molar-refractivity contribution >= 4 is 5.78 Å². The molecule has 0 aliphatic heterocycles. The number of benzene rings is 1. The van der Waals surface area contributed by atoms with Crippen LogP contribution in [-0.4, -0.2) is 11.8 Å². The molecule has 0 fully saturated rings. The number of hydrogen-bond acceptors (Lipinski definition) is 2. The van der Waals surface area contributed by atoms with Gasteiger partial charge in [0.25, 0.3) is 0 Å². The van der Waals surface area contributed by atoms with E-state index in [1.165, 1.54) is 6.07 Å². The molecule has 16 heavy (non-hydrogen) atoms. The zero-order valence-corrected chi connectivity index (χ0v) is 10.2. The average molecular weight is 223 g/mol. The zero-order chi connectivity index (χ0) is 12.5. The van der Waals surface area contributed by atoms with Gasteiger partial charge in [-0.3, -0.25) is 4.79 Å². The lowest BCUT2D eigenvalue weighted by atomic mass is 9.85. The molecule has 0 saturated carbocycles. The number of Topliss-reactive ketones (excluding diaryl/α,β-unsaturated/α-hetero) is 1. The predicted molar refractivity (Wildman–Crippen MR) is 63.1 cm³/mol. The van der Waals surface area contributed by atoms with E-state index in [1.54, 1.807) is 19.1 Å². The first-order valence-electron chi connectivity index (χ1n) is 5.33. The van der Waals surface area contributed by atoms with Crippen molar-refractivity contribution in [3.05, 3.63) is 35.1 Å². The van der Waals surface area contributed by atoms with Crippen molar-refractivity contribution in [1.82, 2.24) is 0 Å². The van der Waals surface area contributed by atoms with E-state index in [1.807, 2.05) is 20.8 Å². The fourth-order valence-electron chi connectivity index (χ4n) is 1.54. The maximum Gasteiger partial charge on any atom is 0.179 e. The quantitative estimate of drug-likeness (QED) is 0.783. The molecule has 1 aromatic rings. The van der Waals surface area contributed by atoms with Crippen LogP contribution in [0.4, 0.5) is 4.39 Å². The molecular formula is C13H18FNO. The predicted octanol–water partition coefficient (Wildman–Crippen LogP) is 2.65. The Morgan fingerprint density at radius 1 is 1.38 bits per heavy atom. The van der Waals surface area contributed by atoms with Crippen LogP contribution < -0.4 is 5.73 Å². The van der Waals surface area contributed by atoms with Gasteiger partial charge in [0.05, 0.1) is 6.04 Å². The van der Waals surface area contributed by atoms with E-state index in [0.717, 1.165) is 0 Å². The lowest BCUT2D eigenvalue weighted by Gasteiger charge is -2.20. The molecule has 2 nitrogen and oxygen atoms in total. The van der Waals surface area contributed by atoms with Gasteiger partial charge in [-0.2, -0.15) is 0 Å². The van der Waals surface area contributed by atoms with Gasteiger partial charge >= 0.3 is 0 Å². The Kier molecular flexibility index (Phi) is 3.48. The van der Waals surface area contributed by atoms with E-state index in [2.05, 4.69) is 0 Å². The minimum Gasteiger partial charge on any atom is -0.321 e. The first kappa shape index (κ1) is 12.8. The fourth-order valence-corrected chi connectivity index (χ4v) is 1.54. The largest absolute Gasteiger partial charge is 0.321 e. The number of carbonyl (C=O) groups is 1. The van der Waals surface area contributed by atoms with Crippen LogP contribution in [0.1, 0.15) is 43.6 Å². The normalized spacial score (nSPS) is 13.6. The first-order chi connectivity index (χ1) is 7.23. The average Bonchev–Trinajstić information content (AvgIpc) is 2.14. The van der Waals surface area contributed by atoms with Crippen LogP contribution in [0.3, 0.4) is 0 Å². The molecule has 88 valence electrons. The van der Waals surface area contributed by atoms with Crippen molar-refractivity contribution in [3.63, 3.8) is 0 Å². The SMILES string of the molecule is CC(N)C(=O)c1ccc(C(C)(C)C)c(F)c1. The van der Waals surface area contributed by atoms with E-state index in [9.17, 15) is 9.18 Å². The van der Waals surface area contributed by atoms with Crippen molar-refractivity contribution in [2.75, 3.05) is 0 Å². The van der Waals surface area contributed by atoms with Gasteiger partial charge in [0, 0.05) is 5.56 Å². The molecule has 0 radical (unpaired) electrons. The molecular weight excluding hydrogens is 205 g/mol. The summed E-state index contributed by atoms with van der Waals surface area (Å²) in [6.45, 7) is 7.38. The van der Waals surface area contributed by atoms with Crippen molar-refractivity contribution < 1.29 is 9.18 Å². The molecule has 0 bridgehead atoms. The molecule has 0 saturated heterocycles. The summed E-state index contributed by atoms with van der Waals surface area (Å²) in [5.74, 6) is -0.585. The van der Waals surface area contributed by atoms with Gasteiger partial charge < -0.3 is 5.73 Å². The molecule has 0 aliphatic rings. The summed E-state index contributed by atoms with van der Waals surface area (Å²) in [6, 6.07) is 3.96. The summed E-state index contributed by atoms with van der Waals surface area (Å²) in [5, 5.41) is 0. The number of rotatable bonds is 2. The third-order valence-corrected chi connectivity index (χ3v) is 2.48. The van der Waals surface area contributed by atoms with Gasteiger partial charge in [0.2, 0.25) is 0 Å². The van der Waals surface area contributed by atoms with E-state index < -0.39 is 6.04 Å². The van der Waals surface area contributed by atoms with Crippen molar-refractivity contribution in [2.45, 2.75) is 39.2 Å². The first-order valence-corrected chi connectivity index (χ1v) is 5.33.